The molecular formula is C14H19N3O5. The third-order valence-electron chi connectivity index (χ3n) is 3.09. The number of carboxylic acids is 1. The molecule has 0 saturated heterocycles. The summed E-state index contributed by atoms with van der Waals surface area (Å²) in [6.07, 6.45) is 1.09. The van der Waals surface area contributed by atoms with Crippen molar-refractivity contribution < 1.29 is 19.6 Å². The molecule has 0 aliphatic carbocycles. The van der Waals surface area contributed by atoms with Crippen molar-refractivity contribution in [2.75, 3.05) is 11.9 Å². The lowest BCUT2D eigenvalue weighted by molar-refractivity contribution is -0.384. The monoisotopic (exact) mass is 309 g/mol. The van der Waals surface area contributed by atoms with E-state index in [4.69, 9.17) is 5.11 Å². The average Bonchev–Trinajstić information content (AvgIpc) is 2.45. The quantitative estimate of drug-likeness (QED) is 0.496. The Bertz CT molecular complexity index is 574. The number of rotatable bonds is 8. The molecular weight excluding hydrogens is 290 g/mol. The summed E-state index contributed by atoms with van der Waals surface area (Å²) in [5, 5.41) is 24.9. The van der Waals surface area contributed by atoms with Crippen LogP contribution in [0.25, 0.3) is 0 Å². The summed E-state index contributed by atoms with van der Waals surface area (Å²) in [6, 6.07) is 3.37. The first kappa shape index (κ1) is 17.6. The van der Waals surface area contributed by atoms with Gasteiger partial charge in [0.15, 0.2) is 0 Å². The fraction of sp³-hybridized carbons (Fsp3) is 0.429. The molecule has 8 heteroatoms. The number of benzene rings is 1. The summed E-state index contributed by atoms with van der Waals surface area (Å²) in [6.45, 7) is 3.38. The molecule has 0 aliphatic rings. The highest BCUT2D eigenvalue weighted by atomic mass is 16.6. The summed E-state index contributed by atoms with van der Waals surface area (Å²) >= 11 is 0. The van der Waals surface area contributed by atoms with Gasteiger partial charge in [0.25, 0.3) is 5.69 Å². The third-order valence-corrected chi connectivity index (χ3v) is 3.09. The average molecular weight is 309 g/mol. The van der Waals surface area contributed by atoms with Gasteiger partial charge in [-0.2, -0.15) is 0 Å². The molecule has 1 rings (SSSR count). The molecule has 0 aliphatic heterocycles. The highest BCUT2D eigenvalue weighted by Gasteiger charge is 2.17. The lowest BCUT2D eigenvalue weighted by atomic mass is 10.1. The zero-order chi connectivity index (χ0) is 16.7. The van der Waals surface area contributed by atoms with Gasteiger partial charge in [-0.1, -0.05) is 19.4 Å². The molecule has 1 atom stereocenters. The molecule has 0 bridgehead atoms. The Morgan fingerprint density at radius 2 is 2.09 bits per heavy atom. The fourth-order valence-corrected chi connectivity index (χ4v) is 1.87. The number of carboxylic acid groups (broad SMARTS) is 1. The van der Waals surface area contributed by atoms with Crippen LogP contribution in [-0.2, 0) is 9.59 Å². The van der Waals surface area contributed by atoms with Crippen molar-refractivity contribution in [2.24, 2.45) is 0 Å². The van der Waals surface area contributed by atoms with Crippen molar-refractivity contribution in [3.63, 3.8) is 0 Å². The van der Waals surface area contributed by atoms with Crippen molar-refractivity contribution in [1.29, 1.82) is 0 Å². The van der Waals surface area contributed by atoms with Gasteiger partial charge in [-0.05, 0) is 18.9 Å². The summed E-state index contributed by atoms with van der Waals surface area (Å²) in [4.78, 5) is 33.0. The molecule has 0 spiro atoms. The van der Waals surface area contributed by atoms with Gasteiger partial charge in [0.2, 0.25) is 5.91 Å². The topological polar surface area (TPSA) is 122 Å². The van der Waals surface area contributed by atoms with Gasteiger partial charge in [-0.25, -0.2) is 0 Å². The number of non-ortho nitro benzene ring substituents is 1. The summed E-state index contributed by atoms with van der Waals surface area (Å²) in [5.74, 6) is -1.47. The Balaban J connectivity index is 2.67. The van der Waals surface area contributed by atoms with E-state index in [1.54, 1.807) is 6.92 Å². The largest absolute Gasteiger partial charge is 0.480 e. The van der Waals surface area contributed by atoms with E-state index in [1.807, 2.05) is 6.92 Å². The number of nitrogens with one attached hydrogen (secondary N) is 2. The number of carbonyl (C=O) groups excluding carboxylic acids is 1. The maximum absolute atomic E-state index is 11.8. The van der Waals surface area contributed by atoms with E-state index in [9.17, 15) is 19.7 Å². The van der Waals surface area contributed by atoms with Crippen LogP contribution in [0.4, 0.5) is 11.4 Å². The van der Waals surface area contributed by atoms with Crippen LogP contribution < -0.4 is 10.6 Å². The minimum atomic E-state index is -1.01. The lowest BCUT2D eigenvalue weighted by Crippen LogP contribution is -2.41. The number of nitrogens with zero attached hydrogens (tertiary/aromatic N) is 1. The zero-order valence-electron chi connectivity index (χ0n) is 12.5. The number of nitro groups is 1. The van der Waals surface area contributed by atoms with Crippen LogP contribution in [0.1, 0.15) is 25.3 Å². The Morgan fingerprint density at radius 3 is 2.64 bits per heavy atom. The highest BCUT2D eigenvalue weighted by Crippen LogP contribution is 2.21. The van der Waals surface area contributed by atoms with Crippen LogP contribution >= 0.6 is 0 Å². The number of aryl methyl sites for hydroxylation is 1. The van der Waals surface area contributed by atoms with E-state index in [0.717, 1.165) is 0 Å². The maximum Gasteiger partial charge on any atom is 0.320 e. The molecule has 1 aromatic carbocycles. The van der Waals surface area contributed by atoms with Gasteiger partial charge in [-0.3, -0.25) is 25.0 Å². The molecule has 0 saturated carbocycles. The molecule has 22 heavy (non-hydrogen) atoms. The van der Waals surface area contributed by atoms with Crippen LogP contribution in [0.2, 0.25) is 0 Å². The fourth-order valence-electron chi connectivity index (χ4n) is 1.87. The smallest absolute Gasteiger partial charge is 0.320 e. The molecule has 1 unspecified atom stereocenters. The van der Waals surface area contributed by atoms with Crippen molar-refractivity contribution in [3.8, 4) is 0 Å². The van der Waals surface area contributed by atoms with E-state index in [1.165, 1.54) is 18.2 Å². The summed E-state index contributed by atoms with van der Waals surface area (Å²) < 4.78 is 0. The molecule has 3 N–H and O–H groups in total. The van der Waals surface area contributed by atoms with Gasteiger partial charge >= 0.3 is 5.97 Å². The van der Waals surface area contributed by atoms with E-state index in [2.05, 4.69) is 10.6 Å². The van der Waals surface area contributed by atoms with E-state index in [-0.39, 0.29) is 12.2 Å². The number of hydrogen-bond donors (Lipinski definition) is 3. The molecule has 1 aromatic rings. The van der Waals surface area contributed by atoms with Gasteiger partial charge < -0.3 is 10.4 Å². The standard InChI is InChI=1S/C14H19N3O5/c1-3-4-11(14(19)20)15-8-13(18)16-12-7-10(17(21)22)6-5-9(12)2/h5-7,11,15H,3-4,8H2,1-2H3,(H,16,18)(H,19,20). The Labute approximate surface area is 127 Å². The predicted molar refractivity (Wildman–Crippen MR) is 80.8 cm³/mol. The minimum Gasteiger partial charge on any atom is -0.480 e. The number of aliphatic carboxylic acids is 1. The van der Waals surface area contributed by atoms with Crippen molar-refractivity contribution in [1.82, 2.24) is 5.32 Å². The number of hydrogen-bond acceptors (Lipinski definition) is 5. The predicted octanol–water partition coefficient (Wildman–Crippen LogP) is 1.68. The Kier molecular flexibility index (Phi) is 6.46. The first-order chi connectivity index (χ1) is 10.3. The number of amides is 1. The summed E-state index contributed by atoms with van der Waals surface area (Å²) in [5.41, 5.74) is 0.897. The molecule has 0 aromatic heterocycles. The van der Waals surface area contributed by atoms with Gasteiger partial charge in [-0.15, -0.1) is 0 Å². The zero-order valence-corrected chi connectivity index (χ0v) is 12.5. The summed E-state index contributed by atoms with van der Waals surface area (Å²) in [7, 11) is 0. The second-order valence-electron chi connectivity index (χ2n) is 4.86. The second-order valence-corrected chi connectivity index (χ2v) is 4.86. The molecule has 1 amide bonds. The van der Waals surface area contributed by atoms with E-state index >= 15 is 0 Å². The third kappa shape index (κ3) is 5.13. The highest BCUT2D eigenvalue weighted by molar-refractivity contribution is 5.93. The first-order valence-corrected chi connectivity index (χ1v) is 6.86. The minimum absolute atomic E-state index is 0.122. The molecule has 0 heterocycles. The van der Waals surface area contributed by atoms with Crippen LogP contribution in [0, 0.1) is 17.0 Å². The van der Waals surface area contributed by atoms with Crippen LogP contribution in [-0.4, -0.2) is 34.5 Å². The number of carbonyl (C=O) groups is 2. The molecule has 0 fully saturated rings. The van der Waals surface area contributed by atoms with E-state index < -0.39 is 22.8 Å². The van der Waals surface area contributed by atoms with Crippen molar-refractivity contribution in [2.45, 2.75) is 32.7 Å². The van der Waals surface area contributed by atoms with Crippen LogP contribution in [0.15, 0.2) is 18.2 Å². The first-order valence-electron chi connectivity index (χ1n) is 6.86. The normalized spacial score (nSPS) is 11.7. The lowest BCUT2D eigenvalue weighted by Gasteiger charge is -2.14. The van der Waals surface area contributed by atoms with E-state index in [0.29, 0.717) is 24.1 Å². The maximum atomic E-state index is 11.8. The Hall–Kier alpha value is -2.48. The van der Waals surface area contributed by atoms with Gasteiger partial charge in [0.1, 0.15) is 6.04 Å². The second kappa shape index (κ2) is 8.08. The van der Waals surface area contributed by atoms with Crippen LogP contribution in [0.3, 0.4) is 0 Å². The van der Waals surface area contributed by atoms with Crippen molar-refractivity contribution >= 4 is 23.3 Å². The van der Waals surface area contributed by atoms with Crippen molar-refractivity contribution in [3.05, 3.63) is 33.9 Å². The SMILES string of the molecule is CCCC(NCC(=O)Nc1cc([N+](=O)[O-])ccc1C)C(=O)O. The van der Waals surface area contributed by atoms with Crippen LogP contribution in [0.5, 0.6) is 0 Å². The molecule has 8 nitrogen and oxygen atoms in total. The van der Waals surface area contributed by atoms with Gasteiger partial charge in [0.05, 0.1) is 17.2 Å². The number of nitro benzene ring substituents is 1. The van der Waals surface area contributed by atoms with Gasteiger partial charge in [0, 0.05) is 12.1 Å². The number of anilines is 1. The molecule has 0 radical (unpaired) electrons. The Morgan fingerprint density at radius 1 is 1.41 bits per heavy atom. The molecule has 120 valence electrons.